The highest BCUT2D eigenvalue weighted by molar-refractivity contribution is 7.26. The van der Waals surface area contributed by atoms with Gasteiger partial charge in [-0.05, 0) is 86.9 Å². The van der Waals surface area contributed by atoms with Crippen LogP contribution in [-0.4, -0.2) is 0 Å². The van der Waals surface area contributed by atoms with Gasteiger partial charge in [-0.3, -0.25) is 0 Å². The van der Waals surface area contributed by atoms with Gasteiger partial charge in [0.2, 0.25) is 0 Å². The van der Waals surface area contributed by atoms with Crippen LogP contribution in [-0.2, 0) is 0 Å². The molecule has 0 spiro atoms. The Morgan fingerprint density at radius 1 is 0.356 bits per heavy atom. The van der Waals surface area contributed by atoms with Crippen molar-refractivity contribution in [2.45, 2.75) is 0 Å². The first kappa shape index (κ1) is 33.7. The standard InChI is InChI=1S/C56H35NOS/c1-3-15-42-36(12-1)14-9-19-43(42)38-26-31-40(32-27-38)57(51-23-7-5-17-46(51)48-21-10-22-49-47-18-6-8-25-53(47)59-56(48)49)41-33-28-39(29-34-41)44-20-11-24-52-54(44)50-35-30-37-13-2-4-16-45(37)55(50)58-52/h1-35H. The summed E-state index contributed by atoms with van der Waals surface area (Å²) in [5.41, 5.74) is 12.3. The lowest BCUT2D eigenvalue weighted by Gasteiger charge is -2.28. The van der Waals surface area contributed by atoms with Crippen molar-refractivity contribution in [3.63, 3.8) is 0 Å². The molecule has 2 nitrogen and oxygen atoms in total. The highest BCUT2D eigenvalue weighted by Crippen LogP contribution is 2.47. The average molecular weight is 770 g/mol. The SMILES string of the molecule is c1ccc(N(c2ccc(-c3cccc4ccccc34)cc2)c2ccc(-c3cccc4oc5c6ccccc6ccc5c34)cc2)c(-c2cccc3c2sc2ccccc23)c1. The van der Waals surface area contributed by atoms with Crippen LogP contribution in [0.1, 0.15) is 0 Å². The van der Waals surface area contributed by atoms with Gasteiger partial charge in [0.1, 0.15) is 11.2 Å². The van der Waals surface area contributed by atoms with Gasteiger partial charge in [0.15, 0.2) is 0 Å². The Morgan fingerprint density at radius 2 is 0.915 bits per heavy atom. The van der Waals surface area contributed by atoms with E-state index in [0.717, 1.165) is 55.5 Å². The van der Waals surface area contributed by atoms with Crippen molar-refractivity contribution in [1.82, 2.24) is 0 Å². The predicted molar refractivity (Wildman–Crippen MR) is 253 cm³/mol. The van der Waals surface area contributed by atoms with Crippen LogP contribution in [0, 0.1) is 0 Å². The summed E-state index contributed by atoms with van der Waals surface area (Å²) in [6, 6.07) is 76.9. The molecule has 0 saturated carbocycles. The topological polar surface area (TPSA) is 16.4 Å². The number of benzene rings is 10. The maximum absolute atomic E-state index is 6.57. The van der Waals surface area contributed by atoms with Gasteiger partial charge in [0.25, 0.3) is 0 Å². The largest absolute Gasteiger partial charge is 0.455 e. The average Bonchev–Trinajstić information content (AvgIpc) is 3.89. The second-order valence-electron chi connectivity index (χ2n) is 15.2. The van der Waals surface area contributed by atoms with Crippen LogP contribution in [0.5, 0.6) is 0 Å². The number of furan rings is 1. The van der Waals surface area contributed by atoms with Gasteiger partial charge in [-0.2, -0.15) is 0 Å². The molecule has 59 heavy (non-hydrogen) atoms. The summed E-state index contributed by atoms with van der Waals surface area (Å²) < 4.78 is 9.17. The van der Waals surface area contributed by atoms with Gasteiger partial charge in [0.05, 0.1) is 5.69 Å². The molecule has 2 heterocycles. The molecule has 0 saturated heterocycles. The van der Waals surface area contributed by atoms with Crippen LogP contribution < -0.4 is 4.90 Å². The van der Waals surface area contributed by atoms with Crippen molar-refractivity contribution in [2.75, 3.05) is 4.90 Å². The molecule has 3 heteroatoms. The lowest BCUT2D eigenvalue weighted by Crippen LogP contribution is -2.11. The summed E-state index contributed by atoms with van der Waals surface area (Å²) >= 11 is 1.87. The smallest absolute Gasteiger partial charge is 0.143 e. The van der Waals surface area contributed by atoms with Gasteiger partial charge in [-0.1, -0.05) is 164 Å². The number of hydrogen-bond donors (Lipinski definition) is 0. The fourth-order valence-electron chi connectivity index (χ4n) is 9.13. The summed E-state index contributed by atoms with van der Waals surface area (Å²) in [6.45, 7) is 0. The number of anilines is 3. The number of rotatable bonds is 6. The molecular weight excluding hydrogens is 735 g/mol. The van der Waals surface area contributed by atoms with Gasteiger partial charge in [-0.15, -0.1) is 11.3 Å². The minimum atomic E-state index is 0.898. The number of thiophene rings is 1. The van der Waals surface area contributed by atoms with Crippen molar-refractivity contribution in [3.05, 3.63) is 212 Å². The maximum atomic E-state index is 6.57. The van der Waals surface area contributed by atoms with Gasteiger partial charge in [-0.25, -0.2) is 0 Å². The monoisotopic (exact) mass is 769 g/mol. The lowest BCUT2D eigenvalue weighted by molar-refractivity contribution is 0.673. The Bertz CT molecular complexity index is 3550. The molecule has 0 atom stereocenters. The van der Waals surface area contributed by atoms with Crippen molar-refractivity contribution in [2.24, 2.45) is 0 Å². The molecule has 0 aliphatic carbocycles. The molecular formula is C56H35NOS. The number of para-hydroxylation sites is 1. The Kier molecular flexibility index (Phi) is 7.75. The number of fused-ring (bicyclic) bond motifs is 9. The zero-order valence-corrected chi connectivity index (χ0v) is 32.8. The first-order chi connectivity index (χ1) is 29.3. The van der Waals surface area contributed by atoms with E-state index in [2.05, 4.69) is 217 Å². The highest BCUT2D eigenvalue weighted by Gasteiger charge is 2.21. The molecule has 0 bridgehead atoms. The number of hydrogen-bond acceptors (Lipinski definition) is 3. The van der Waals surface area contributed by atoms with E-state index >= 15 is 0 Å². The summed E-state index contributed by atoms with van der Waals surface area (Å²) in [6.07, 6.45) is 0. The minimum absolute atomic E-state index is 0.898. The summed E-state index contributed by atoms with van der Waals surface area (Å²) in [5.74, 6) is 0. The van der Waals surface area contributed by atoms with E-state index in [1.807, 2.05) is 11.3 Å². The molecule has 0 aliphatic rings. The second kappa shape index (κ2) is 13.6. The Labute approximate surface area is 345 Å². The van der Waals surface area contributed by atoms with Crippen molar-refractivity contribution in [3.8, 4) is 33.4 Å². The first-order valence-corrected chi connectivity index (χ1v) is 20.9. The molecule has 0 fully saturated rings. The van der Waals surface area contributed by atoms with E-state index in [1.165, 1.54) is 58.6 Å². The van der Waals surface area contributed by atoms with Gasteiger partial charge < -0.3 is 9.32 Å². The van der Waals surface area contributed by atoms with Crippen LogP contribution in [0.4, 0.5) is 17.1 Å². The highest BCUT2D eigenvalue weighted by atomic mass is 32.1. The van der Waals surface area contributed by atoms with E-state index in [4.69, 9.17) is 4.42 Å². The second-order valence-corrected chi connectivity index (χ2v) is 16.2. The van der Waals surface area contributed by atoms with E-state index in [1.54, 1.807) is 0 Å². The number of nitrogens with zero attached hydrogens (tertiary/aromatic N) is 1. The molecule has 276 valence electrons. The van der Waals surface area contributed by atoms with E-state index in [9.17, 15) is 0 Å². The molecule has 0 radical (unpaired) electrons. The molecule has 0 amide bonds. The third-order valence-corrected chi connectivity index (χ3v) is 13.1. The fourth-order valence-corrected chi connectivity index (χ4v) is 10.4. The van der Waals surface area contributed by atoms with Crippen LogP contribution in [0.3, 0.4) is 0 Å². The Balaban J connectivity index is 1.02. The van der Waals surface area contributed by atoms with Gasteiger partial charge >= 0.3 is 0 Å². The molecule has 10 aromatic carbocycles. The third kappa shape index (κ3) is 5.47. The molecule has 2 aromatic heterocycles. The van der Waals surface area contributed by atoms with Crippen molar-refractivity contribution >= 4 is 92.1 Å². The summed E-state index contributed by atoms with van der Waals surface area (Å²) in [5, 5.41) is 9.69. The molecule has 12 aromatic rings. The summed E-state index contributed by atoms with van der Waals surface area (Å²) in [4.78, 5) is 2.41. The van der Waals surface area contributed by atoms with Crippen molar-refractivity contribution < 1.29 is 4.42 Å². The quantitative estimate of drug-likeness (QED) is 0.167. The van der Waals surface area contributed by atoms with Gasteiger partial charge in [0, 0.05) is 58.8 Å². The predicted octanol–water partition coefficient (Wildman–Crippen LogP) is 16.7. The Morgan fingerprint density at radius 3 is 1.73 bits per heavy atom. The van der Waals surface area contributed by atoms with Crippen LogP contribution in [0.15, 0.2) is 217 Å². The molecule has 0 aliphatic heterocycles. The van der Waals surface area contributed by atoms with E-state index in [0.29, 0.717) is 0 Å². The molecule has 0 unspecified atom stereocenters. The van der Waals surface area contributed by atoms with Crippen molar-refractivity contribution in [1.29, 1.82) is 0 Å². The van der Waals surface area contributed by atoms with E-state index in [-0.39, 0.29) is 0 Å². The maximum Gasteiger partial charge on any atom is 0.143 e. The third-order valence-electron chi connectivity index (χ3n) is 11.9. The Hall–Kier alpha value is -7.46. The molecule has 0 N–H and O–H groups in total. The van der Waals surface area contributed by atoms with Crippen LogP contribution in [0.2, 0.25) is 0 Å². The fraction of sp³-hybridized carbons (Fsp3) is 0. The lowest BCUT2D eigenvalue weighted by atomic mass is 9.96. The van der Waals surface area contributed by atoms with Crippen LogP contribution in [0.25, 0.3) is 97.0 Å². The minimum Gasteiger partial charge on any atom is -0.455 e. The molecule has 12 rings (SSSR count). The zero-order chi connectivity index (χ0) is 38.9. The normalized spacial score (nSPS) is 11.7. The zero-order valence-electron chi connectivity index (χ0n) is 32.0. The van der Waals surface area contributed by atoms with E-state index < -0.39 is 0 Å². The first-order valence-electron chi connectivity index (χ1n) is 20.1. The summed E-state index contributed by atoms with van der Waals surface area (Å²) in [7, 11) is 0. The van der Waals surface area contributed by atoms with Crippen LogP contribution >= 0.6 is 11.3 Å².